The van der Waals surface area contributed by atoms with Gasteiger partial charge in [0.05, 0.1) is 12.5 Å². The lowest BCUT2D eigenvalue weighted by Crippen LogP contribution is -2.43. The van der Waals surface area contributed by atoms with E-state index >= 15 is 0 Å². The van der Waals surface area contributed by atoms with Crippen molar-refractivity contribution in [1.29, 1.82) is 0 Å². The van der Waals surface area contributed by atoms with Gasteiger partial charge in [0.25, 0.3) is 0 Å². The van der Waals surface area contributed by atoms with Crippen LogP contribution in [0.2, 0.25) is 0 Å². The Hall–Kier alpha value is -1.59. The van der Waals surface area contributed by atoms with E-state index in [1.54, 1.807) is 11.9 Å². The summed E-state index contributed by atoms with van der Waals surface area (Å²) < 4.78 is 0. The van der Waals surface area contributed by atoms with Crippen LogP contribution in [0.4, 0.5) is 0 Å². The van der Waals surface area contributed by atoms with E-state index in [9.17, 15) is 14.4 Å². The third kappa shape index (κ3) is 3.45. The number of hydrogen-bond acceptors (Lipinski definition) is 3. The van der Waals surface area contributed by atoms with Crippen LogP contribution < -0.4 is 5.32 Å². The number of rotatable bonds is 5. The Labute approximate surface area is 107 Å². The number of carbonyl (C=O) groups excluding carboxylic acids is 3. The predicted molar refractivity (Wildman–Crippen MR) is 66.7 cm³/mol. The van der Waals surface area contributed by atoms with E-state index < -0.39 is 0 Å². The molecule has 102 valence electrons. The van der Waals surface area contributed by atoms with Crippen molar-refractivity contribution in [2.45, 2.75) is 20.3 Å². The summed E-state index contributed by atoms with van der Waals surface area (Å²) in [6, 6.07) is 0. The molecule has 1 aliphatic rings. The average Bonchev–Trinajstić information content (AvgIpc) is 2.76. The first-order chi connectivity index (χ1) is 8.49. The molecule has 0 bridgehead atoms. The third-order valence-corrected chi connectivity index (χ3v) is 3.19. The summed E-state index contributed by atoms with van der Waals surface area (Å²) in [4.78, 5) is 38.0. The van der Waals surface area contributed by atoms with Crippen molar-refractivity contribution in [3.05, 3.63) is 0 Å². The molecule has 18 heavy (non-hydrogen) atoms. The Morgan fingerprint density at radius 1 is 1.33 bits per heavy atom. The van der Waals surface area contributed by atoms with Gasteiger partial charge >= 0.3 is 0 Å². The minimum absolute atomic E-state index is 0.0619. The van der Waals surface area contributed by atoms with E-state index in [1.165, 1.54) is 4.90 Å². The van der Waals surface area contributed by atoms with Crippen LogP contribution in [-0.2, 0) is 14.4 Å². The number of amides is 3. The van der Waals surface area contributed by atoms with Gasteiger partial charge in [0.1, 0.15) is 0 Å². The molecule has 0 aliphatic carbocycles. The first-order valence-corrected chi connectivity index (χ1v) is 6.29. The Kier molecular flexibility index (Phi) is 5.12. The molecule has 0 saturated carbocycles. The minimum atomic E-state index is -0.327. The molecule has 1 saturated heterocycles. The highest BCUT2D eigenvalue weighted by Crippen LogP contribution is 2.11. The van der Waals surface area contributed by atoms with Crippen LogP contribution in [0.25, 0.3) is 0 Å². The lowest BCUT2D eigenvalue weighted by molar-refractivity contribution is -0.141. The van der Waals surface area contributed by atoms with E-state index in [2.05, 4.69) is 5.32 Å². The maximum Gasteiger partial charge on any atom is 0.242 e. The molecule has 3 amide bonds. The fourth-order valence-electron chi connectivity index (χ4n) is 2.05. The second kappa shape index (κ2) is 6.37. The Bertz CT molecular complexity index is 339. The predicted octanol–water partition coefficient (Wildman–Crippen LogP) is -0.551. The number of nitrogens with zero attached hydrogens (tertiary/aromatic N) is 2. The van der Waals surface area contributed by atoms with Crippen molar-refractivity contribution in [1.82, 2.24) is 15.1 Å². The molecule has 6 heteroatoms. The molecule has 1 heterocycles. The quantitative estimate of drug-likeness (QED) is 0.716. The first kappa shape index (κ1) is 14.5. The molecule has 0 radical (unpaired) electrons. The highest BCUT2D eigenvalue weighted by atomic mass is 16.2. The van der Waals surface area contributed by atoms with Crippen LogP contribution >= 0.6 is 0 Å². The van der Waals surface area contributed by atoms with E-state index in [4.69, 9.17) is 0 Å². The molecule has 1 N–H and O–H groups in total. The summed E-state index contributed by atoms with van der Waals surface area (Å²) in [6.07, 6.45) is 0.225. The molecule has 0 aromatic heterocycles. The van der Waals surface area contributed by atoms with Crippen molar-refractivity contribution in [2.75, 3.05) is 33.2 Å². The molecule has 6 nitrogen and oxygen atoms in total. The van der Waals surface area contributed by atoms with Crippen molar-refractivity contribution < 1.29 is 14.4 Å². The largest absolute Gasteiger partial charge is 0.355 e. The molecule has 0 aromatic carbocycles. The number of likely N-dealkylation sites (N-methyl/N-ethyl adjacent to an activating group) is 2. The highest BCUT2D eigenvalue weighted by Gasteiger charge is 2.30. The van der Waals surface area contributed by atoms with Crippen molar-refractivity contribution >= 4 is 17.7 Å². The minimum Gasteiger partial charge on any atom is -0.355 e. The summed E-state index contributed by atoms with van der Waals surface area (Å²) in [5.74, 6) is -0.634. The molecule has 1 unspecified atom stereocenters. The summed E-state index contributed by atoms with van der Waals surface area (Å²) >= 11 is 0. The van der Waals surface area contributed by atoms with Crippen LogP contribution in [0.5, 0.6) is 0 Å². The van der Waals surface area contributed by atoms with Gasteiger partial charge in [0, 0.05) is 33.1 Å². The molecule has 0 aromatic rings. The van der Waals surface area contributed by atoms with Crippen molar-refractivity contribution in [2.24, 2.45) is 5.92 Å². The van der Waals surface area contributed by atoms with Gasteiger partial charge < -0.3 is 15.1 Å². The maximum atomic E-state index is 12.0. The van der Waals surface area contributed by atoms with Gasteiger partial charge in [-0.3, -0.25) is 14.4 Å². The van der Waals surface area contributed by atoms with Crippen LogP contribution in [0.3, 0.4) is 0 Å². The van der Waals surface area contributed by atoms with Gasteiger partial charge in [-0.25, -0.2) is 0 Å². The van der Waals surface area contributed by atoms with Crippen LogP contribution in [0, 0.1) is 5.92 Å². The fourth-order valence-corrected chi connectivity index (χ4v) is 2.05. The molecule has 1 fully saturated rings. The van der Waals surface area contributed by atoms with Gasteiger partial charge in [0.15, 0.2) is 0 Å². The van der Waals surface area contributed by atoms with E-state index in [0.717, 1.165) is 0 Å². The summed E-state index contributed by atoms with van der Waals surface area (Å²) in [5, 5.41) is 2.62. The third-order valence-electron chi connectivity index (χ3n) is 3.19. The zero-order valence-corrected chi connectivity index (χ0v) is 11.2. The number of hydrogen-bond donors (Lipinski definition) is 1. The van der Waals surface area contributed by atoms with E-state index in [-0.39, 0.29) is 36.6 Å². The smallest absolute Gasteiger partial charge is 0.242 e. The molecular formula is C12H21N3O3. The average molecular weight is 255 g/mol. The van der Waals surface area contributed by atoms with Crippen LogP contribution in [0.15, 0.2) is 0 Å². The zero-order valence-electron chi connectivity index (χ0n) is 11.2. The van der Waals surface area contributed by atoms with Crippen molar-refractivity contribution in [3.63, 3.8) is 0 Å². The SMILES string of the molecule is CCN(CC)C(=O)CN(C)C(=O)C1CNC(=O)C1. The second-order valence-electron chi connectivity index (χ2n) is 4.47. The lowest BCUT2D eigenvalue weighted by Gasteiger charge is -2.24. The number of nitrogens with one attached hydrogen (secondary N) is 1. The monoisotopic (exact) mass is 255 g/mol. The van der Waals surface area contributed by atoms with Gasteiger partial charge in [0.2, 0.25) is 17.7 Å². The maximum absolute atomic E-state index is 12.0. The second-order valence-corrected chi connectivity index (χ2v) is 4.47. The van der Waals surface area contributed by atoms with Gasteiger partial charge in [-0.2, -0.15) is 0 Å². The highest BCUT2D eigenvalue weighted by molar-refractivity contribution is 5.91. The summed E-state index contributed by atoms with van der Waals surface area (Å²) in [7, 11) is 1.60. The number of carbonyl (C=O) groups is 3. The molecular weight excluding hydrogens is 234 g/mol. The van der Waals surface area contributed by atoms with E-state index in [0.29, 0.717) is 19.6 Å². The first-order valence-electron chi connectivity index (χ1n) is 6.29. The van der Waals surface area contributed by atoms with Gasteiger partial charge in [-0.1, -0.05) is 0 Å². The van der Waals surface area contributed by atoms with Crippen LogP contribution in [-0.4, -0.2) is 60.7 Å². The molecule has 1 aliphatic heterocycles. The molecule has 1 rings (SSSR count). The Balaban J connectivity index is 2.49. The molecule has 1 atom stereocenters. The lowest BCUT2D eigenvalue weighted by atomic mass is 10.1. The van der Waals surface area contributed by atoms with Crippen molar-refractivity contribution in [3.8, 4) is 0 Å². The van der Waals surface area contributed by atoms with E-state index in [1.807, 2.05) is 13.8 Å². The fraction of sp³-hybridized carbons (Fsp3) is 0.750. The zero-order chi connectivity index (χ0) is 13.7. The topological polar surface area (TPSA) is 69.7 Å². The Morgan fingerprint density at radius 3 is 2.39 bits per heavy atom. The Morgan fingerprint density at radius 2 is 1.94 bits per heavy atom. The standard InChI is InChI=1S/C12H21N3O3/c1-4-15(5-2)11(17)8-14(3)12(18)9-6-10(16)13-7-9/h9H,4-8H2,1-3H3,(H,13,16). The molecule has 0 spiro atoms. The summed E-state index contributed by atoms with van der Waals surface area (Å²) in [6.45, 7) is 5.54. The van der Waals surface area contributed by atoms with Gasteiger partial charge in [-0.15, -0.1) is 0 Å². The van der Waals surface area contributed by atoms with Gasteiger partial charge in [-0.05, 0) is 13.8 Å². The normalized spacial score (nSPS) is 18.4. The van der Waals surface area contributed by atoms with Crippen LogP contribution in [0.1, 0.15) is 20.3 Å². The summed E-state index contributed by atoms with van der Waals surface area (Å²) in [5.41, 5.74) is 0.